The van der Waals surface area contributed by atoms with Crippen molar-refractivity contribution in [2.45, 2.75) is 25.6 Å². The number of benzene rings is 2. The maximum Gasteiger partial charge on any atom is 0.416 e. The Bertz CT molecular complexity index is 836. The van der Waals surface area contributed by atoms with Gasteiger partial charge in [-0.3, -0.25) is 0 Å². The van der Waals surface area contributed by atoms with Crippen LogP contribution in [0, 0.1) is 12.7 Å². The van der Waals surface area contributed by atoms with Crippen LogP contribution in [0.4, 0.5) is 17.6 Å². The SMILES string of the molecule is Cc1cc(F)c([C@@H]2CC(Br)=NO2)cc1Oc1cccc(C(F)(F)F)c1. The van der Waals surface area contributed by atoms with E-state index in [4.69, 9.17) is 9.57 Å². The van der Waals surface area contributed by atoms with Crippen molar-refractivity contribution in [1.29, 1.82) is 0 Å². The lowest BCUT2D eigenvalue weighted by Crippen LogP contribution is -2.05. The summed E-state index contributed by atoms with van der Waals surface area (Å²) in [6.45, 7) is 1.61. The lowest BCUT2D eigenvalue weighted by atomic mass is 10.0. The minimum Gasteiger partial charge on any atom is -0.457 e. The molecule has 25 heavy (non-hydrogen) atoms. The highest BCUT2D eigenvalue weighted by molar-refractivity contribution is 9.18. The molecule has 0 aromatic heterocycles. The molecule has 0 N–H and O–H groups in total. The third-order valence-corrected chi connectivity index (χ3v) is 4.13. The summed E-state index contributed by atoms with van der Waals surface area (Å²) in [5, 5.41) is 3.71. The van der Waals surface area contributed by atoms with E-state index in [0.717, 1.165) is 12.1 Å². The normalized spacial score (nSPS) is 17.2. The lowest BCUT2D eigenvalue weighted by Gasteiger charge is -2.15. The van der Waals surface area contributed by atoms with Gasteiger partial charge in [-0.05, 0) is 58.7 Å². The first-order valence-corrected chi connectivity index (χ1v) is 8.06. The highest BCUT2D eigenvalue weighted by Crippen LogP contribution is 2.37. The number of nitrogens with zero attached hydrogens (tertiary/aromatic N) is 1. The van der Waals surface area contributed by atoms with Crippen LogP contribution in [0.15, 0.2) is 41.6 Å². The van der Waals surface area contributed by atoms with E-state index in [0.29, 0.717) is 16.6 Å². The van der Waals surface area contributed by atoms with Crippen LogP contribution >= 0.6 is 15.9 Å². The summed E-state index contributed by atoms with van der Waals surface area (Å²) in [5.41, 5.74) is -0.135. The smallest absolute Gasteiger partial charge is 0.416 e. The van der Waals surface area contributed by atoms with Gasteiger partial charge in [0.25, 0.3) is 0 Å². The molecule has 2 aromatic rings. The average Bonchev–Trinajstić information content (AvgIpc) is 2.96. The summed E-state index contributed by atoms with van der Waals surface area (Å²) in [6.07, 6.45) is -4.72. The number of halogens is 5. The first-order chi connectivity index (χ1) is 11.7. The fourth-order valence-corrected chi connectivity index (χ4v) is 2.78. The van der Waals surface area contributed by atoms with E-state index in [-0.39, 0.29) is 17.1 Å². The monoisotopic (exact) mass is 417 g/mol. The first kappa shape index (κ1) is 17.7. The van der Waals surface area contributed by atoms with E-state index < -0.39 is 23.7 Å². The molecule has 0 spiro atoms. The Labute approximate surface area is 149 Å². The van der Waals surface area contributed by atoms with Crippen molar-refractivity contribution >= 4 is 20.6 Å². The van der Waals surface area contributed by atoms with E-state index in [1.165, 1.54) is 24.3 Å². The molecule has 0 fully saturated rings. The van der Waals surface area contributed by atoms with Crippen molar-refractivity contribution in [3.63, 3.8) is 0 Å². The van der Waals surface area contributed by atoms with E-state index in [1.807, 2.05) is 0 Å². The Morgan fingerprint density at radius 2 is 2.00 bits per heavy atom. The molecule has 0 unspecified atom stereocenters. The number of alkyl halides is 3. The molecule has 3 nitrogen and oxygen atoms in total. The number of hydrogen-bond donors (Lipinski definition) is 0. The van der Waals surface area contributed by atoms with Gasteiger partial charge in [0.2, 0.25) is 0 Å². The van der Waals surface area contributed by atoms with Gasteiger partial charge in [-0.2, -0.15) is 13.2 Å². The molecule has 8 heteroatoms. The summed E-state index contributed by atoms with van der Waals surface area (Å²) < 4.78 is 58.7. The predicted molar refractivity (Wildman–Crippen MR) is 87.5 cm³/mol. The van der Waals surface area contributed by atoms with Gasteiger partial charge in [-0.1, -0.05) is 11.2 Å². The summed E-state index contributed by atoms with van der Waals surface area (Å²) >= 11 is 3.18. The van der Waals surface area contributed by atoms with Crippen LogP contribution in [-0.4, -0.2) is 4.62 Å². The summed E-state index contributed by atoms with van der Waals surface area (Å²) in [4.78, 5) is 5.14. The Hall–Kier alpha value is -2.09. The molecular formula is C17H12BrF4NO2. The summed E-state index contributed by atoms with van der Waals surface area (Å²) in [7, 11) is 0. The highest BCUT2D eigenvalue weighted by Gasteiger charge is 2.31. The molecule has 1 aliphatic heterocycles. The van der Waals surface area contributed by atoms with Gasteiger partial charge in [0.1, 0.15) is 21.9 Å². The van der Waals surface area contributed by atoms with Gasteiger partial charge in [0, 0.05) is 12.0 Å². The fourth-order valence-electron chi connectivity index (χ4n) is 2.40. The van der Waals surface area contributed by atoms with Crippen LogP contribution < -0.4 is 4.74 Å². The van der Waals surface area contributed by atoms with Gasteiger partial charge in [-0.15, -0.1) is 0 Å². The van der Waals surface area contributed by atoms with Crippen LogP contribution in [0.5, 0.6) is 11.5 Å². The van der Waals surface area contributed by atoms with E-state index >= 15 is 0 Å². The zero-order chi connectivity index (χ0) is 18.2. The second-order valence-electron chi connectivity index (χ2n) is 5.53. The van der Waals surface area contributed by atoms with E-state index in [9.17, 15) is 17.6 Å². The van der Waals surface area contributed by atoms with Crippen LogP contribution in [0.25, 0.3) is 0 Å². The zero-order valence-electron chi connectivity index (χ0n) is 12.9. The first-order valence-electron chi connectivity index (χ1n) is 7.27. The molecule has 0 aliphatic carbocycles. The molecule has 0 amide bonds. The van der Waals surface area contributed by atoms with Gasteiger partial charge in [-0.25, -0.2) is 4.39 Å². The van der Waals surface area contributed by atoms with E-state index in [2.05, 4.69) is 21.1 Å². The molecule has 0 saturated carbocycles. The Morgan fingerprint density at radius 3 is 2.64 bits per heavy atom. The molecule has 1 heterocycles. The molecular weight excluding hydrogens is 406 g/mol. The quantitative estimate of drug-likeness (QED) is 0.563. The molecule has 1 aliphatic rings. The fraction of sp³-hybridized carbons (Fsp3) is 0.235. The second-order valence-corrected chi connectivity index (χ2v) is 6.45. The molecule has 1 atom stereocenters. The van der Waals surface area contributed by atoms with Crippen LogP contribution in [0.3, 0.4) is 0 Å². The minimum absolute atomic E-state index is 0.0141. The number of ether oxygens (including phenoxy) is 1. The summed E-state index contributed by atoms with van der Waals surface area (Å²) in [6, 6.07) is 7.20. The maximum atomic E-state index is 14.2. The van der Waals surface area contributed by atoms with Crippen molar-refractivity contribution in [3.8, 4) is 11.5 Å². The van der Waals surface area contributed by atoms with Gasteiger partial charge < -0.3 is 9.57 Å². The predicted octanol–water partition coefficient (Wildman–Crippen LogP) is 6.12. The third kappa shape index (κ3) is 3.95. The Morgan fingerprint density at radius 1 is 1.24 bits per heavy atom. The summed E-state index contributed by atoms with van der Waals surface area (Å²) in [5.74, 6) is -0.223. The van der Waals surface area contributed by atoms with Crippen molar-refractivity contribution in [3.05, 3.63) is 58.9 Å². The third-order valence-electron chi connectivity index (χ3n) is 3.66. The molecule has 0 radical (unpaired) electrons. The van der Waals surface area contributed by atoms with Crippen molar-refractivity contribution < 1.29 is 27.1 Å². The second kappa shape index (κ2) is 6.67. The van der Waals surface area contributed by atoms with Crippen LogP contribution in [-0.2, 0) is 11.0 Å². The van der Waals surface area contributed by atoms with Gasteiger partial charge in [0.05, 0.1) is 5.56 Å². The van der Waals surface area contributed by atoms with Crippen molar-refractivity contribution in [2.24, 2.45) is 5.16 Å². The van der Waals surface area contributed by atoms with Crippen LogP contribution in [0.1, 0.15) is 29.2 Å². The van der Waals surface area contributed by atoms with Crippen LogP contribution in [0.2, 0.25) is 0 Å². The minimum atomic E-state index is -4.47. The lowest BCUT2D eigenvalue weighted by molar-refractivity contribution is -0.137. The zero-order valence-corrected chi connectivity index (χ0v) is 14.5. The molecule has 2 aromatic carbocycles. The largest absolute Gasteiger partial charge is 0.457 e. The number of hydrogen-bond acceptors (Lipinski definition) is 3. The number of aryl methyl sites for hydroxylation is 1. The highest BCUT2D eigenvalue weighted by atomic mass is 79.9. The molecule has 132 valence electrons. The molecule has 0 bridgehead atoms. The van der Waals surface area contributed by atoms with Gasteiger partial charge >= 0.3 is 6.18 Å². The number of rotatable bonds is 3. The topological polar surface area (TPSA) is 30.8 Å². The maximum absolute atomic E-state index is 14.2. The standard InChI is InChI=1S/C17H12BrF4NO2/c1-9-5-13(19)12(15-8-16(18)23-25-15)7-14(9)24-11-4-2-3-10(6-11)17(20,21)22/h2-7,15H,8H2,1H3/t15-/m0/s1. The average molecular weight is 418 g/mol. The molecule has 3 rings (SSSR count). The number of oxime groups is 1. The van der Waals surface area contributed by atoms with Crippen molar-refractivity contribution in [2.75, 3.05) is 0 Å². The Kier molecular flexibility index (Phi) is 4.73. The van der Waals surface area contributed by atoms with Crippen molar-refractivity contribution in [1.82, 2.24) is 0 Å². The molecule has 0 saturated heterocycles. The Balaban J connectivity index is 1.90. The van der Waals surface area contributed by atoms with E-state index in [1.54, 1.807) is 6.92 Å². The van der Waals surface area contributed by atoms with Gasteiger partial charge in [0.15, 0.2) is 6.10 Å².